The summed E-state index contributed by atoms with van der Waals surface area (Å²) in [6, 6.07) is 11.6. The molecule has 2 aromatic rings. The van der Waals surface area contributed by atoms with E-state index in [0.29, 0.717) is 6.54 Å². The van der Waals surface area contributed by atoms with Crippen LogP contribution in [0.3, 0.4) is 0 Å². The largest absolute Gasteiger partial charge is 0.348 e. The number of hydrogen-bond donors (Lipinski definition) is 1. The van der Waals surface area contributed by atoms with E-state index in [-0.39, 0.29) is 16.5 Å². The second-order valence-corrected chi connectivity index (χ2v) is 5.26. The predicted octanol–water partition coefficient (Wildman–Crippen LogP) is 4.17. The molecule has 98 valence electrons. The minimum absolute atomic E-state index is 0.00328. The Bertz CT molecular complexity index is 618. The van der Waals surface area contributed by atoms with Gasteiger partial charge in [-0.2, -0.15) is 0 Å². The summed E-state index contributed by atoms with van der Waals surface area (Å²) in [6.07, 6.45) is 0. The van der Waals surface area contributed by atoms with Crippen molar-refractivity contribution < 1.29 is 9.18 Å². The second kappa shape index (κ2) is 6.17. The molecule has 1 N–H and O–H groups in total. The fourth-order valence-electron chi connectivity index (χ4n) is 1.57. The number of benzene rings is 2. The summed E-state index contributed by atoms with van der Waals surface area (Å²) in [5.41, 5.74) is 1.20. The normalized spacial score (nSPS) is 10.3. The highest BCUT2D eigenvalue weighted by Gasteiger charge is 2.08. The summed E-state index contributed by atoms with van der Waals surface area (Å²) in [6.45, 7) is 0.377. The molecule has 0 saturated carbocycles. The fraction of sp³-hybridized carbons (Fsp3) is 0.0714. The van der Waals surface area contributed by atoms with E-state index in [4.69, 9.17) is 11.6 Å². The van der Waals surface area contributed by atoms with Crippen LogP contribution in [0.4, 0.5) is 4.39 Å². The van der Waals surface area contributed by atoms with Gasteiger partial charge < -0.3 is 5.32 Å². The quantitative estimate of drug-likeness (QED) is 0.891. The third kappa shape index (κ3) is 3.78. The number of rotatable bonds is 3. The van der Waals surface area contributed by atoms with E-state index in [2.05, 4.69) is 21.2 Å². The number of amides is 1. The van der Waals surface area contributed by atoms with Crippen LogP contribution in [0.2, 0.25) is 5.02 Å². The molecular formula is C14H10BrClFNO. The van der Waals surface area contributed by atoms with Crippen molar-refractivity contribution >= 4 is 33.4 Å². The lowest BCUT2D eigenvalue weighted by atomic mass is 10.2. The van der Waals surface area contributed by atoms with Crippen molar-refractivity contribution in [3.63, 3.8) is 0 Å². The van der Waals surface area contributed by atoms with E-state index in [9.17, 15) is 9.18 Å². The standard InChI is InChI=1S/C14H10BrClFNO/c15-11-3-1-2-9(6-11)8-18-14(19)10-4-5-12(16)13(17)7-10/h1-7H,8H2,(H,18,19). The molecule has 19 heavy (non-hydrogen) atoms. The Morgan fingerprint density at radius 1 is 1.26 bits per heavy atom. The van der Waals surface area contributed by atoms with E-state index >= 15 is 0 Å². The molecule has 0 spiro atoms. The van der Waals surface area contributed by atoms with Crippen LogP contribution in [0, 0.1) is 5.82 Å². The summed E-state index contributed by atoms with van der Waals surface area (Å²) in [5, 5.41) is 2.72. The van der Waals surface area contributed by atoms with Crippen molar-refractivity contribution in [1.82, 2.24) is 5.32 Å². The summed E-state index contributed by atoms with van der Waals surface area (Å²) >= 11 is 8.92. The molecule has 1 amide bonds. The van der Waals surface area contributed by atoms with Crippen molar-refractivity contribution in [2.45, 2.75) is 6.54 Å². The summed E-state index contributed by atoms with van der Waals surface area (Å²) in [4.78, 5) is 11.8. The number of carbonyl (C=O) groups is 1. The van der Waals surface area contributed by atoms with Crippen LogP contribution in [0.15, 0.2) is 46.9 Å². The highest BCUT2D eigenvalue weighted by Crippen LogP contribution is 2.16. The van der Waals surface area contributed by atoms with Gasteiger partial charge in [-0.3, -0.25) is 4.79 Å². The van der Waals surface area contributed by atoms with Gasteiger partial charge in [-0.25, -0.2) is 4.39 Å². The van der Waals surface area contributed by atoms with E-state index in [0.717, 1.165) is 16.1 Å². The monoisotopic (exact) mass is 341 g/mol. The number of nitrogens with one attached hydrogen (secondary N) is 1. The van der Waals surface area contributed by atoms with Crippen LogP contribution in [0.5, 0.6) is 0 Å². The Hall–Kier alpha value is -1.39. The Morgan fingerprint density at radius 3 is 2.74 bits per heavy atom. The van der Waals surface area contributed by atoms with Gasteiger partial charge in [0.2, 0.25) is 0 Å². The SMILES string of the molecule is O=C(NCc1cccc(Br)c1)c1ccc(Cl)c(F)c1. The molecular weight excluding hydrogens is 333 g/mol. The molecule has 0 atom stereocenters. The predicted molar refractivity (Wildman–Crippen MR) is 76.7 cm³/mol. The Labute approximate surface area is 123 Å². The van der Waals surface area contributed by atoms with Crippen LogP contribution in [-0.2, 0) is 6.54 Å². The van der Waals surface area contributed by atoms with Crippen molar-refractivity contribution in [3.05, 3.63) is 68.9 Å². The van der Waals surface area contributed by atoms with Crippen LogP contribution < -0.4 is 5.32 Å². The zero-order valence-corrected chi connectivity index (χ0v) is 12.1. The topological polar surface area (TPSA) is 29.1 Å². The van der Waals surface area contributed by atoms with E-state index in [1.54, 1.807) is 0 Å². The average molecular weight is 343 g/mol. The highest BCUT2D eigenvalue weighted by atomic mass is 79.9. The van der Waals surface area contributed by atoms with Crippen LogP contribution >= 0.6 is 27.5 Å². The maximum Gasteiger partial charge on any atom is 0.251 e. The molecule has 2 rings (SSSR count). The smallest absolute Gasteiger partial charge is 0.251 e. The highest BCUT2D eigenvalue weighted by molar-refractivity contribution is 9.10. The lowest BCUT2D eigenvalue weighted by molar-refractivity contribution is 0.0950. The first-order valence-corrected chi connectivity index (χ1v) is 6.71. The van der Waals surface area contributed by atoms with Crippen LogP contribution in [0.25, 0.3) is 0 Å². The van der Waals surface area contributed by atoms with E-state index < -0.39 is 5.82 Å². The van der Waals surface area contributed by atoms with Gasteiger partial charge in [0, 0.05) is 16.6 Å². The molecule has 0 radical (unpaired) electrons. The lowest BCUT2D eigenvalue weighted by Crippen LogP contribution is -2.22. The molecule has 0 aromatic heterocycles. The van der Waals surface area contributed by atoms with Crippen molar-refractivity contribution in [2.75, 3.05) is 0 Å². The maximum absolute atomic E-state index is 13.2. The molecule has 5 heteroatoms. The molecule has 0 bridgehead atoms. The second-order valence-electron chi connectivity index (χ2n) is 3.94. The van der Waals surface area contributed by atoms with Gasteiger partial charge in [0.25, 0.3) is 5.91 Å². The van der Waals surface area contributed by atoms with E-state index in [1.165, 1.54) is 12.1 Å². The fourth-order valence-corrected chi connectivity index (χ4v) is 2.13. The van der Waals surface area contributed by atoms with Crippen molar-refractivity contribution in [3.8, 4) is 0 Å². The maximum atomic E-state index is 13.2. The first-order chi connectivity index (χ1) is 9.06. The molecule has 0 saturated heterocycles. The van der Waals surface area contributed by atoms with Gasteiger partial charge in [-0.15, -0.1) is 0 Å². The van der Waals surface area contributed by atoms with Crippen LogP contribution in [0.1, 0.15) is 15.9 Å². The molecule has 0 heterocycles. The zero-order valence-electron chi connectivity index (χ0n) is 9.79. The van der Waals surface area contributed by atoms with E-state index in [1.807, 2.05) is 24.3 Å². The Morgan fingerprint density at radius 2 is 2.05 bits per heavy atom. The summed E-state index contributed by atoms with van der Waals surface area (Å²) in [7, 11) is 0. The Kier molecular flexibility index (Phi) is 4.56. The molecule has 0 aliphatic rings. The van der Waals surface area contributed by atoms with Gasteiger partial charge in [-0.1, -0.05) is 39.7 Å². The van der Waals surface area contributed by atoms with Gasteiger partial charge in [0.05, 0.1) is 5.02 Å². The minimum Gasteiger partial charge on any atom is -0.348 e. The molecule has 2 aromatic carbocycles. The Balaban J connectivity index is 2.03. The summed E-state index contributed by atoms with van der Waals surface area (Å²) < 4.78 is 14.2. The first-order valence-electron chi connectivity index (χ1n) is 5.54. The molecule has 0 unspecified atom stereocenters. The average Bonchev–Trinajstić information content (AvgIpc) is 2.39. The third-order valence-electron chi connectivity index (χ3n) is 2.52. The van der Waals surface area contributed by atoms with Gasteiger partial charge in [-0.05, 0) is 35.9 Å². The number of halogens is 3. The zero-order chi connectivity index (χ0) is 13.8. The molecule has 0 aliphatic carbocycles. The minimum atomic E-state index is -0.600. The van der Waals surface area contributed by atoms with Crippen molar-refractivity contribution in [1.29, 1.82) is 0 Å². The summed E-state index contributed by atoms with van der Waals surface area (Å²) in [5.74, 6) is -0.938. The van der Waals surface area contributed by atoms with Gasteiger partial charge in [0.15, 0.2) is 0 Å². The third-order valence-corrected chi connectivity index (χ3v) is 3.32. The van der Waals surface area contributed by atoms with Crippen LogP contribution in [-0.4, -0.2) is 5.91 Å². The number of hydrogen-bond acceptors (Lipinski definition) is 1. The first kappa shape index (κ1) is 14.0. The lowest BCUT2D eigenvalue weighted by Gasteiger charge is -2.06. The van der Waals surface area contributed by atoms with Crippen molar-refractivity contribution in [2.24, 2.45) is 0 Å². The number of carbonyl (C=O) groups excluding carboxylic acids is 1. The molecule has 0 aliphatic heterocycles. The van der Waals surface area contributed by atoms with Gasteiger partial charge in [0.1, 0.15) is 5.82 Å². The molecule has 0 fully saturated rings. The van der Waals surface area contributed by atoms with Gasteiger partial charge >= 0.3 is 0 Å². The molecule has 2 nitrogen and oxygen atoms in total.